The van der Waals surface area contributed by atoms with Gasteiger partial charge in [-0.25, -0.2) is 4.79 Å². The van der Waals surface area contributed by atoms with E-state index in [4.69, 9.17) is 4.74 Å². The summed E-state index contributed by atoms with van der Waals surface area (Å²) in [5.41, 5.74) is 2.07. The maximum atomic E-state index is 12.4. The predicted octanol–water partition coefficient (Wildman–Crippen LogP) is 2.97. The molecule has 22 heavy (non-hydrogen) atoms. The van der Waals surface area contributed by atoms with Crippen molar-refractivity contribution in [2.24, 2.45) is 0 Å². The standard InChI is InChI=1S/C17H14N2O3/c1-2-22-17(21)15-10-12-9-11(6-7-13(12)19-15)16(20)14-5-3-4-8-18-14/h3-10,19H,2H2,1H3. The Labute approximate surface area is 126 Å². The van der Waals surface area contributed by atoms with Crippen LogP contribution in [0.1, 0.15) is 33.5 Å². The lowest BCUT2D eigenvalue weighted by molar-refractivity contribution is 0.0520. The number of nitrogens with zero attached hydrogens (tertiary/aromatic N) is 1. The molecule has 2 aromatic heterocycles. The number of rotatable bonds is 4. The molecule has 3 rings (SSSR count). The van der Waals surface area contributed by atoms with Gasteiger partial charge in [-0.3, -0.25) is 9.78 Å². The van der Waals surface area contributed by atoms with Crippen molar-refractivity contribution in [3.8, 4) is 0 Å². The first-order valence-corrected chi connectivity index (χ1v) is 6.94. The van der Waals surface area contributed by atoms with Crippen molar-refractivity contribution >= 4 is 22.7 Å². The normalized spacial score (nSPS) is 10.6. The van der Waals surface area contributed by atoms with Gasteiger partial charge in [-0.2, -0.15) is 0 Å². The van der Waals surface area contributed by atoms with Crippen LogP contribution in [0.4, 0.5) is 0 Å². The fourth-order valence-corrected chi connectivity index (χ4v) is 2.24. The van der Waals surface area contributed by atoms with Crippen LogP contribution >= 0.6 is 0 Å². The van der Waals surface area contributed by atoms with Crippen LogP contribution < -0.4 is 0 Å². The van der Waals surface area contributed by atoms with Crippen LogP contribution in [0.2, 0.25) is 0 Å². The number of H-pyrrole nitrogens is 1. The highest BCUT2D eigenvalue weighted by Gasteiger charge is 2.14. The molecule has 0 atom stereocenters. The van der Waals surface area contributed by atoms with E-state index >= 15 is 0 Å². The average molecular weight is 294 g/mol. The molecule has 0 saturated carbocycles. The van der Waals surface area contributed by atoms with Gasteiger partial charge in [0.2, 0.25) is 5.78 Å². The molecule has 0 aliphatic rings. The fraction of sp³-hybridized carbons (Fsp3) is 0.118. The quantitative estimate of drug-likeness (QED) is 0.593. The van der Waals surface area contributed by atoms with Crippen molar-refractivity contribution in [2.75, 3.05) is 6.61 Å². The van der Waals surface area contributed by atoms with Gasteiger partial charge in [-0.1, -0.05) is 6.07 Å². The summed E-state index contributed by atoms with van der Waals surface area (Å²) < 4.78 is 4.96. The lowest BCUT2D eigenvalue weighted by Crippen LogP contribution is -2.04. The van der Waals surface area contributed by atoms with Gasteiger partial charge in [-0.05, 0) is 43.3 Å². The van der Waals surface area contributed by atoms with Gasteiger partial charge in [0.25, 0.3) is 0 Å². The first-order chi connectivity index (χ1) is 10.7. The topological polar surface area (TPSA) is 72.1 Å². The monoisotopic (exact) mass is 294 g/mol. The Morgan fingerprint density at radius 2 is 2.05 bits per heavy atom. The van der Waals surface area contributed by atoms with Gasteiger partial charge in [-0.15, -0.1) is 0 Å². The van der Waals surface area contributed by atoms with E-state index in [0.29, 0.717) is 23.6 Å². The van der Waals surface area contributed by atoms with Crippen molar-refractivity contribution in [1.82, 2.24) is 9.97 Å². The van der Waals surface area contributed by atoms with Gasteiger partial charge in [0, 0.05) is 22.7 Å². The second kappa shape index (κ2) is 5.81. The van der Waals surface area contributed by atoms with Crippen molar-refractivity contribution in [1.29, 1.82) is 0 Å². The maximum Gasteiger partial charge on any atom is 0.354 e. The van der Waals surface area contributed by atoms with Crippen LogP contribution in [0.3, 0.4) is 0 Å². The third-order valence-corrected chi connectivity index (χ3v) is 3.28. The summed E-state index contributed by atoms with van der Waals surface area (Å²) in [6, 6.07) is 12.1. The van der Waals surface area contributed by atoms with E-state index in [1.54, 1.807) is 55.6 Å². The second-order valence-electron chi connectivity index (χ2n) is 4.75. The minimum atomic E-state index is -0.406. The zero-order valence-corrected chi connectivity index (χ0v) is 12.0. The molecule has 5 heteroatoms. The number of hydrogen-bond acceptors (Lipinski definition) is 4. The Bertz CT molecular complexity index is 837. The molecule has 3 aromatic rings. The molecule has 5 nitrogen and oxygen atoms in total. The Balaban J connectivity index is 1.96. The molecule has 1 N–H and O–H groups in total. The first kappa shape index (κ1) is 14.0. The number of nitrogens with one attached hydrogen (secondary N) is 1. The highest BCUT2D eigenvalue weighted by Crippen LogP contribution is 2.19. The van der Waals surface area contributed by atoms with Crippen LogP contribution in [0.15, 0.2) is 48.7 Å². The highest BCUT2D eigenvalue weighted by molar-refractivity contribution is 6.09. The molecule has 0 aliphatic carbocycles. The summed E-state index contributed by atoms with van der Waals surface area (Å²) in [4.78, 5) is 31.1. The van der Waals surface area contributed by atoms with Gasteiger partial charge >= 0.3 is 5.97 Å². The maximum absolute atomic E-state index is 12.4. The fourth-order valence-electron chi connectivity index (χ4n) is 2.24. The second-order valence-corrected chi connectivity index (χ2v) is 4.75. The highest BCUT2D eigenvalue weighted by atomic mass is 16.5. The summed E-state index contributed by atoms with van der Waals surface area (Å²) in [6.45, 7) is 2.07. The number of fused-ring (bicyclic) bond motifs is 1. The Morgan fingerprint density at radius 3 is 2.77 bits per heavy atom. The zero-order valence-electron chi connectivity index (χ0n) is 12.0. The number of carbonyl (C=O) groups excluding carboxylic acids is 2. The minimum absolute atomic E-state index is 0.151. The smallest absolute Gasteiger partial charge is 0.354 e. The van der Waals surface area contributed by atoms with Gasteiger partial charge in [0.1, 0.15) is 11.4 Å². The Morgan fingerprint density at radius 1 is 1.18 bits per heavy atom. The summed E-state index contributed by atoms with van der Waals surface area (Å²) in [7, 11) is 0. The van der Waals surface area contributed by atoms with E-state index in [1.807, 2.05) is 0 Å². The summed E-state index contributed by atoms with van der Waals surface area (Å²) in [6.07, 6.45) is 1.58. The molecule has 0 aliphatic heterocycles. The molecule has 0 fully saturated rings. The number of benzene rings is 1. The van der Waals surface area contributed by atoms with Crippen molar-refractivity contribution in [2.45, 2.75) is 6.92 Å². The van der Waals surface area contributed by atoms with Crippen LogP contribution in [0.25, 0.3) is 10.9 Å². The minimum Gasteiger partial charge on any atom is -0.461 e. The van der Waals surface area contributed by atoms with Crippen molar-refractivity contribution in [3.05, 3.63) is 65.6 Å². The van der Waals surface area contributed by atoms with Crippen molar-refractivity contribution < 1.29 is 14.3 Å². The zero-order chi connectivity index (χ0) is 15.5. The summed E-state index contributed by atoms with van der Waals surface area (Å²) >= 11 is 0. The molecule has 2 heterocycles. The Hall–Kier alpha value is -2.95. The molecule has 0 spiro atoms. The largest absolute Gasteiger partial charge is 0.461 e. The molecule has 0 unspecified atom stereocenters. The van der Waals surface area contributed by atoms with E-state index < -0.39 is 5.97 Å². The van der Waals surface area contributed by atoms with Crippen LogP contribution in [0.5, 0.6) is 0 Å². The molecule has 0 radical (unpaired) electrons. The Kier molecular flexibility index (Phi) is 3.70. The van der Waals surface area contributed by atoms with E-state index in [-0.39, 0.29) is 5.78 Å². The lowest BCUT2D eigenvalue weighted by atomic mass is 10.1. The molecular weight excluding hydrogens is 280 g/mol. The number of pyridine rings is 1. The molecule has 0 amide bonds. The van der Waals surface area contributed by atoms with Crippen LogP contribution in [0, 0.1) is 0 Å². The number of esters is 1. The SMILES string of the molecule is CCOC(=O)c1cc2cc(C(=O)c3ccccn3)ccc2[nH]1. The molecule has 0 saturated heterocycles. The number of hydrogen-bond donors (Lipinski definition) is 1. The molecule has 0 bridgehead atoms. The number of aromatic amines is 1. The molecular formula is C17H14N2O3. The van der Waals surface area contributed by atoms with Crippen LogP contribution in [-0.4, -0.2) is 28.3 Å². The molecule has 110 valence electrons. The van der Waals surface area contributed by atoms with Gasteiger partial charge < -0.3 is 9.72 Å². The number of carbonyl (C=O) groups is 2. The lowest BCUT2D eigenvalue weighted by Gasteiger charge is -2.00. The van der Waals surface area contributed by atoms with Gasteiger partial charge in [0.05, 0.1) is 6.61 Å². The third kappa shape index (κ3) is 2.61. The van der Waals surface area contributed by atoms with E-state index in [1.165, 1.54) is 0 Å². The van der Waals surface area contributed by atoms with E-state index in [0.717, 1.165) is 10.9 Å². The number of ether oxygens (including phenoxy) is 1. The first-order valence-electron chi connectivity index (χ1n) is 6.94. The van der Waals surface area contributed by atoms with Gasteiger partial charge in [0.15, 0.2) is 0 Å². The molecule has 1 aromatic carbocycles. The van der Waals surface area contributed by atoms with E-state index in [9.17, 15) is 9.59 Å². The van der Waals surface area contributed by atoms with E-state index in [2.05, 4.69) is 9.97 Å². The number of aromatic nitrogens is 2. The van der Waals surface area contributed by atoms with Crippen molar-refractivity contribution in [3.63, 3.8) is 0 Å². The summed E-state index contributed by atoms with van der Waals surface area (Å²) in [5, 5.41) is 0.782. The average Bonchev–Trinajstić information content (AvgIpc) is 2.98. The third-order valence-electron chi connectivity index (χ3n) is 3.28. The van der Waals surface area contributed by atoms with Crippen LogP contribution in [-0.2, 0) is 4.74 Å². The predicted molar refractivity (Wildman–Crippen MR) is 81.9 cm³/mol. The number of ketones is 1. The summed E-state index contributed by atoms with van der Waals surface area (Å²) in [5.74, 6) is -0.558.